The fourth-order valence-electron chi connectivity index (χ4n) is 1.54. The Morgan fingerprint density at radius 1 is 1.41 bits per heavy atom. The van der Waals surface area contributed by atoms with E-state index in [1.807, 2.05) is 0 Å². The summed E-state index contributed by atoms with van der Waals surface area (Å²) in [6, 6.07) is 3.25. The molecule has 0 spiro atoms. The van der Waals surface area contributed by atoms with Crippen LogP contribution in [0.15, 0.2) is 29.9 Å². The maximum atomic E-state index is 13.5. The van der Waals surface area contributed by atoms with Crippen LogP contribution in [0.4, 0.5) is 8.78 Å². The molecule has 2 nitrogen and oxygen atoms in total. The molecule has 2 aromatic rings. The molecule has 1 aromatic heterocycles. The minimum Gasteiger partial charge on any atom is -0.305 e. The van der Waals surface area contributed by atoms with Gasteiger partial charge in [0.2, 0.25) is 0 Å². The minimum atomic E-state index is -0.423. The molecule has 0 amide bonds. The van der Waals surface area contributed by atoms with E-state index in [0.717, 1.165) is 17.0 Å². The molecule has 1 unspecified atom stereocenters. The van der Waals surface area contributed by atoms with Crippen molar-refractivity contribution in [1.82, 2.24) is 10.3 Å². The van der Waals surface area contributed by atoms with Gasteiger partial charge in [-0.3, -0.25) is 4.98 Å². The Hall–Kier alpha value is -1.33. The highest BCUT2D eigenvalue weighted by Gasteiger charge is 2.11. The van der Waals surface area contributed by atoms with Crippen LogP contribution in [0.2, 0.25) is 0 Å². The van der Waals surface area contributed by atoms with E-state index in [9.17, 15) is 8.78 Å². The van der Waals surface area contributed by atoms with Crippen LogP contribution in [0.5, 0.6) is 0 Å². The molecule has 0 aliphatic carbocycles. The molecular weight excluding hydrogens is 242 g/mol. The SMILES string of the molecule is CC(NCc1cncs1)c1cc(F)ccc1F. The first-order valence-corrected chi connectivity index (χ1v) is 6.10. The lowest BCUT2D eigenvalue weighted by Gasteiger charge is -2.14. The van der Waals surface area contributed by atoms with Gasteiger partial charge in [-0.05, 0) is 25.1 Å². The number of thiazole rings is 1. The van der Waals surface area contributed by atoms with Gasteiger partial charge >= 0.3 is 0 Å². The van der Waals surface area contributed by atoms with Crippen LogP contribution < -0.4 is 5.32 Å². The quantitative estimate of drug-likeness (QED) is 0.905. The standard InChI is InChI=1S/C12H12F2N2S/c1-8(16-6-10-5-15-7-17-10)11-4-9(13)2-3-12(11)14/h2-5,7-8,16H,6H2,1H3. The second-order valence-corrected chi connectivity index (χ2v) is 4.71. The van der Waals surface area contributed by atoms with E-state index >= 15 is 0 Å². The zero-order valence-corrected chi connectivity index (χ0v) is 10.1. The van der Waals surface area contributed by atoms with Gasteiger partial charge in [0.05, 0.1) is 5.51 Å². The van der Waals surface area contributed by atoms with Crippen LogP contribution in [-0.4, -0.2) is 4.98 Å². The first-order valence-electron chi connectivity index (χ1n) is 5.22. The van der Waals surface area contributed by atoms with Gasteiger partial charge in [-0.25, -0.2) is 8.78 Å². The second kappa shape index (κ2) is 5.33. The summed E-state index contributed by atoms with van der Waals surface area (Å²) in [6.45, 7) is 2.40. The maximum absolute atomic E-state index is 13.5. The van der Waals surface area contributed by atoms with E-state index < -0.39 is 11.6 Å². The van der Waals surface area contributed by atoms with Crippen molar-refractivity contribution >= 4 is 11.3 Å². The van der Waals surface area contributed by atoms with Gasteiger partial charge in [0.15, 0.2) is 0 Å². The van der Waals surface area contributed by atoms with Gasteiger partial charge in [-0.15, -0.1) is 11.3 Å². The Balaban J connectivity index is 2.04. The Morgan fingerprint density at radius 2 is 2.24 bits per heavy atom. The monoisotopic (exact) mass is 254 g/mol. The average Bonchev–Trinajstić information content (AvgIpc) is 2.82. The Bertz CT molecular complexity index is 485. The number of hydrogen-bond donors (Lipinski definition) is 1. The van der Waals surface area contributed by atoms with Gasteiger partial charge < -0.3 is 5.32 Å². The van der Waals surface area contributed by atoms with Crippen molar-refractivity contribution in [2.75, 3.05) is 0 Å². The van der Waals surface area contributed by atoms with Crippen LogP contribution in [0.3, 0.4) is 0 Å². The van der Waals surface area contributed by atoms with Crippen molar-refractivity contribution < 1.29 is 8.78 Å². The molecule has 0 bridgehead atoms. The van der Waals surface area contributed by atoms with Crippen molar-refractivity contribution in [3.05, 3.63) is 52.0 Å². The van der Waals surface area contributed by atoms with Crippen LogP contribution in [0, 0.1) is 11.6 Å². The van der Waals surface area contributed by atoms with E-state index in [1.165, 1.54) is 17.4 Å². The molecule has 1 aromatic carbocycles. The molecule has 90 valence electrons. The summed E-state index contributed by atoms with van der Waals surface area (Å²) < 4.78 is 26.5. The summed E-state index contributed by atoms with van der Waals surface area (Å²) in [6.07, 6.45) is 1.76. The smallest absolute Gasteiger partial charge is 0.128 e. The van der Waals surface area contributed by atoms with Crippen LogP contribution in [-0.2, 0) is 6.54 Å². The van der Waals surface area contributed by atoms with E-state index in [4.69, 9.17) is 0 Å². The predicted octanol–water partition coefficient (Wildman–Crippen LogP) is 3.27. The lowest BCUT2D eigenvalue weighted by atomic mass is 10.1. The molecule has 0 radical (unpaired) electrons. The average molecular weight is 254 g/mol. The summed E-state index contributed by atoms with van der Waals surface area (Å²) >= 11 is 1.53. The Kier molecular flexibility index (Phi) is 3.81. The summed E-state index contributed by atoms with van der Waals surface area (Å²) in [5.74, 6) is -0.816. The Morgan fingerprint density at radius 3 is 2.94 bits per heavy atom. The third-order valence-corrected chi connectivity index (χ3v) is 3.27. The first-order chi connectivity index (χ1) is 8.16. The summed E-state index contributed by atoms with van der Waals surface area (Å²) in [7, 11) is 0. The van der Waals surface area contributed by atoms with Gasteiger partial charge in [-0.1, -0.05) is 0 Å². The highest BCUT2D eigenvalue weighted by molar-refractivity contribution is 7.09. The normalized spacial score (nSPS) is 12.6. The molecule has 1 atom stereocenters. The third kappa shape index (κ3) is 3.08. The fraction of sp³-hybridized carbons (Fsp3) is 0.250. The summed E-state index contributed by atoms with van der Waals surface area (Å²) in [4.78, 5) is 5.01. The van der Waals surface area contributed by atoms with Gasteiger partial charge in [-0.2, -0.15) is 0 Å². The summed E-state index contributed by atoms with van der Waals surface area (Å²) in [5.41, 5.74) is 2.08. The topological polar surface area (TPSA) is 24.9 Å². The molecule has 5 heteroatoms. The number of benzene rings is 1. The van der Waals surface area contributed by atoms with E-state index in [1.54, 1.807) is 18.6 Å². The second-order valence-electron chi connectivity index (χ2n) is 3.74. The lowest BCUT2D eigenvalue weighted by Crippen LogP contribution is -2.18. The van der Waals surface area contributed by atoms with Crippen LogP contribution >= 0.6 is 11.3 Å². The highest BCUT2D eigenvalue weighted by Crippen LogP contribution is 2.18. The molecule has 0 saturated heterocycles. The van der Waals surface area contributed by atoms with Crippen LogP contribution in [0.25, 0.3) is 0 Å². The van der Waals surface area contributed by atoms with Crippen LogP contribution in [0.1, 0.15) is 23.4 Å². The Labute approximate surface area is 102 Å². The largest absolute Gasteiger partial charge is 0.305 e. The van der Waals surface area contributed by atoms with E-state index in [2.05, 4.69) is 10.3 Å². The number of halogens is 2. The zero-order valence-electron chi connectivity index (χ0n) is 9.28. The summed E-state index contributed by atoms with van der Waals surface area (Å²) in [5, 5.41) is 3.13. The number of rotatable bonds is 4. The fourth-order valence-corrected chi connectivity index (χ4v) is 2.09. The number of aromatic nitrogens is 1. The lowest BCUT2D eigenvalue weighted by molar-refractivity contribution is 0.520. The highest BCUT2D eigenvalue weighted by atomic mass is 32.1. The molecule has 17 heavy (non-hydrogen) atoms. The first kappa shape index (κ1) is 12.1. The minimum absolute atomic E-state index is 0.243. The predicted molar refractivity (Wildman–Crippen MR) is 63.7 cm³/mol. The van der Waals surface area contributed by atoms with Crippen molar-refractivity contribution in [2.24, 2.45) is 0 Å². The van der Waals surface area contributed by atoms with Gasteiger partial charge in [0.25, 0.3) is 0 Å². The molecule has 0 fully saturated rings. The molecule has 1 N–H and O–H groups in total. The third-order valence-electron chi connectivity index (χ3n) is 2.49. The molecule has 0 aliphatic rings. The number of hydrogen-bond acceptors (Lipinski definition) is 3. The van der Waals surface area contributed by atoms with E-state index in [-0.39, 0.29) is 6.04 Å². The molecule has 0 saturated carbocycles. The molecule has 0 aliphatic heterocycles. The van der Waals surface area contributed by atoms with Gasteiger partial charge in [0, 0.05) is 29.2 Å². The van der Waals surface area contributed by atoms with Crippen molar-refractivity contribution in [3.63, 3.8) is 0 Å². The maximum Gasteiger partial charge on any atom is 0.128 e. The zero-order chi connectivity index (χ0) is 12.3. The molecule has 2 rings (SSSR count). The van der Waals surface area contributed by atoms with Crippen molar-refractivity contribution in [1.29, 1.82) is 0 Å². The van der Waals surface area contributed by atoms with E-state index in [0.29, 0.717) is 12.1 Å². The van der Waals surface area contributed by atoms with Gasteiger partial charge in [0.1, 0.15) is 11.6 Å². The van der Waals surface area contributed by atoms with Crippen molar-refractivity contribution in [2.45, 2.75) is 19.5 Å². The molecule has 1 heterocycles. The number of nitrogens with one attached hydrogen (secondary N) is 1. The number of nitrogens with zero attached hydrogens (tertiary/aromatic N) is 1. The molecular formula is C12H12F2N2S. The van der Waals surface area contributed by atoms with Crippen molar-refractivity contribution in [3.8, 4) is 0 Å².